The predicted molar refractivity (Wildman–Crippen MR) is 125 cm³/mol. The van der Waals surface area contributed by atoms with Gasteiger partial charge < -0.3 is 15.4 Å². The highest BCUT2D eigenvalue weighted by Crippen LogP contribution is 2.17. The Kier molecular flexibility index (Phi) is 10.7. The number of benzene rings is 1. The maximum atomic E-state index is 5.79. The van der Waals surface area contributed by atoms with Crippen molar-refractivity contribution < 1.29 is 4.74 Å². The van der Waals surface area contributed by atoms with Crippen LogP contribution in [0.1, 0.15) is 49.9 Å². The molecule has 2 rings (SSSR count). The maximum Gasteiger partial charge on any atom is 0.191 e. The fraction of sp³-hybridized carbons (Fsp3) is 0.500. The minimum Gasteiger partial charge on any atom is -0.493 e. The second-order valence-electron chi connectivity index (χ2n) is 6.95. The van der Waals surface area contributed by atoms with Gasteiger partial charge in [0.15, 0.2) is 5.96 Å². The lowest BCUT2D eigenvalue weighted by molar-refractivity contribution is 0.271. The molecule has 1 heterocycles. The monoisotopic (exact) mass is 502 g/mol. The Bertz CT molecular complexity index is 716. The summed E-state index contributed by atoms with van der Waals surface area (Å²) in [6.45, 7) is 10.7. The van der Waals surface area contributed by atoms with Crippen LogP contribution in [0.3, 0.4) is 0 Å². The Balaban J connectivity index is 0.00000364. The zero-order valence-corrected chi connectivity index (χ0v) is 19.9. The lowest BCUT2D eigenvalue weighted by Crippen LogP contribution is -2.36. The molecule has 7 heteroatoms. The Morgan fingerprint density at radius 3 is 2.56 bits per heavy atom. The average molecular weight is 502 g/mol. The fourth-order valence-electron chi connectivity index (χ4n) is 2.25. The molecule has 0 aliphatic heterocycles. The lowest BCUT2D eigenvalue weighted by atomic mass is 10.2. The van der Waals surface area contributed by atoms with Gasteiger partial charge in [-0.1, -0.05) is 39.8 Å². The van der Waals surface area contributed by atoms with Crippen molar-refractivity contribution in [1.29, 1.82) is 0 Å². The van der Waals surface area contributed by atoms with Crippen LogP contribution in [0.5, 0.6) is 5.75 Å². The summed E-state index contributed by atoms with van der Waals surface area (Å²) in [6.07, 6.45) is 0. The summed E-state index contributed by atoms with van der Waals surface area (Å²) in [5.74, 6) is 2.65. The molecule has 0 spiro atoms. The van der Waals surface area contributed by atoms with Crippen LogP contribution in [0, 0.1) is 5.92 Å². The number of aromatic nitrogens is 1. The summed E-state index contributed by atoms with van der Waals surface area (Å²) in [5.41, 5.74) is 2.30. The first kappa shape index (κ1) is 23.7. The number of guanidine groups is 1. The number of hydrogen-bond donors (Lipinski definition) is 2. The Labute approximate surface area is 184 Å². The molecule has 0 unspecified atom stereocenters. The van der Waals surface area contributed by atoms with E-state index in [1.807, 2.05) is 12.1 Å². The molecule has 0 radical (unpaired) electrons. The van der Waals surface area contributed by atoms with E-state index >= 15 is 0 Å². The average Bonchev–Trinajstić information content (AvgIpc) is 3.10. The second kappa shape index (κ2) is 12.2. The van der Waals surface area contributed by atoms with E-state index in [1.54, 1.807) is 18.4 Å². The molecule has 27 heavy (non-hydrogen) atoms. The minimum atomic E-state index is 0. The Morgan fingerprint density at radius 2 is 1.93 bits per heavy atom. The minimum absolute atomic E-state index is 0. The Morgan fingerprint density at radius 1 is 1.19 bits per heavy atom. The van der Waals surface area contributed by atoms with Crippen LogP contribution >= 0.6 is 35.3 Å². The largest absolute Gasteiger partial charge is 0.493 e. The molecular weight excluding hydrogens is 471 g/mol. The predicted octanol–water partition coefficient (Wildman–Crippen LogP) is 4.78. The molecule has 0 aliphatic rings. The van der Waals surface area contributed by atoms with Crippen molar-refractivity contribution in [3.8, 4) is 5.75 Å². The van der Waals surface area contributed by atoms with Gasteiger partial charge in [-0.3, -0.25) is 4.99 Å². The molecule has 1 aromatic carbocycles. The van der Waals surface area contributed by atoms with Gasteiger partial charge in [0.05, 0.1) is 18.8 Å². The van der Waals surface area contributed by atoms with E-state index in [0.29, 0.717) is 24.9 Å². The molecule has 150 valence electrons. The molecular formula is C20H31IN4OS. The molecule has 5 nitrogen and oxygen atoms in total. The van der Waals surface area contributed by atoms with Crippen molar-refractivity contribution in [1.82, 2.24) is 15.6 Å². The molecule has 0 fully saturated rings. The smallest absolute Gasteiger partial charge is 0.191 e. The highest BCUT2D eigenvalue weighted by Gasteiger charge is 2.06. The van der Waals surface area contributed by atoms with Gasteiger partial charge in [-0.25, -0.2) is 4.98 Å². The summed E-state index contributed by atoms with van der Waals surface area (Å²) >= 11 is 1.68. The number of halogens is 1. The van der Waals surface area contributed by atoms with Crippen LogP contribution in [0.15, 0.2) is 34.6 Å². The van der Waals surface area contributed by atoms with Crippen LogP contribution in [0.4, 0.5) is 0 Å². The van der Waals surface area contributed by atoms with Crippen molar-refractivity contribution in [2.75, 3.05) is 13.7 Å². The first-order valence-electron chi connectivity index (χ1n) is 9.08. The summed E-state index contributed by atoms with van der Waals surface area (Å²) in [7, 11) is 1.78. The van der Waals surface area contributed by atoms with E-state index in [-0.39, 0.29) is 24.0 Å². The van der Waals surface area contributed by atoms with E-state index in [1.165, 1.54) is 0 Å². The molecule has 0 bridgehead atoms. The molecule has 1 aromatic heterocycles. The number of thiazole rings is 1. The summed E-state index contributed by atoms with van der Waals surface area (Å²) < 4.78 is 5.79. The van der Waals surface area contributed by atoms with Gasteiger partial charge in [-0.05, 0) is 29.5 Å². The lowest BCUT2D eigenvalue weighted by Gasteiger charge is -2.13. The zero-order chi connectivity index (χ0) is 18.9. The molecule has 2 N–H and O–H groups in total. The normalized spacial score (nSPS) is 11.4. The van der Waals surface area contributed by atoms with Crippen molar-refractivity contribution in [2.45, 2.75) is 46.7 Å². The van der Waals surface area contributed by atoms with Crippen molar-refractivity contribution in [2.24, 2.45) is 10.9 Å². The van der Waals surface area contributed by atoms with Gasteiger partial charge in [-0.15, -0.1) is 35.3 Å². The fourth-order valence-corrected chi connectivity index (χ4v) is 3.14. The van der Waals surface area contributed by atoms with Crippen LogP contribution in [-0.2, 0) is 13.1 Å². The third-order valence-corrected chi connectivity index (χ3v) is 4.60. The highest BCUT2D eigenvalue weighted by molar-refractivity contribution is 14.0. The second-order valence-corrected chi connectivity index (χ2v) is 7.90. The summed E-state index contributed by atoms with van der Waals surface area (Å²) in [4.78, 5) is 8.92. The van der Waals surface area contributed by atoms with Gasteiger partial charge in [0.1, 0.15) is 10.8 Å². The third kappa shape index (κ3) is 8.47. The van der Waals surface area contributed by atoms with Gasteiger partial charge in [0.25, 0.3) is 0 Å². The number of rotatable bonds is 8. The molecule has 2 aromatic rings. The first-order valence-corrected chi connectivity index (χ1v) is 9.96. The molecule has 0 saturated carbocycles. The zero-order valence-electron chi connectivity index (χ0n) is 16.8. The Hall–Kier alpha value is -1.35. The van der Waals surface area contributed by atoms with Gasteiger partial charge in [0.2, 0.25) is 0 Å². The van der Waals surface area contributed by atoms with Crippen LogP contribution in [0.2, 0.25) is 0 Å². The molecule has 0 amide bonds. The van der Waals surface area contributed by atoms with Crippen molar-refractivity contribution in [3.05, 3.63) is 45.9 Å². The van der Waals surface area contributed by atoms with Crippen molar-refractivity contribution >= 4 is 41.3 Å². The number of ether oxygens (including phenoxy) is 1. The van der Waals surface area contributed by atoms with E-state index in [4.69, 9.17) is 4.74 Å². The van der Waals surface area contributed by atoms with Crippen LogP contribution in [0.25, 0.3) is 0 Å². The maximum absolute atomic E-state index is 5.79. The first-order chi connectivity index (χ1) is 12.5. The number of hydrogen-bond acceptors (Lipinski definition) is 4. The number of aliphatic imine (C=N–C) groups is 1. The van der Waals surface area contributed by atoms with Crippen molar-refractivity contribution in [3.63, 3.8) is 0 Å². The summed E-state index contributed by atoms with van der Waals surface area (Å²) in [6, 6.07) is 8.16. The van der Waals surface area contributed by atoms with E-state index in [9.17, 15) is 0 Å². The van der Waals surface area contributed by atoms with E-state index in [0.717, 1.165) is 34.6 Å². The quantitative estimate of drug-likeness (QED) is 0.310. The number of nitrogens with one attached hydrogen (secondary N) is 2. The van der Waals surface area contributed by atoms with E-state index in [2.05, 4.69) is 65.8 Å². The molecule has 0 saturated heterocycles. The third-order valence-electron chi connectivity index (χ3n) is 3.73. The highest BCUT2D eigenvalue weighted by atomic mass is 127. The topological polar surface area (TPSA) is 58.5 Å². The number of nitrogens with zero attached hydrogens (tertiary/aromatic N) is 2. The summed E-state index contributed by atoms with van der Waals surface area (Å²) in [5, 5.41) is 9.85. The SMILES string of the molecule is CN=C(NCc1cccc(OCC(C)C)c1)NCc1nc(C(C)C)cs1.I. The van der Waals surface area contributed by atoms with E-state index < -0.39 is 0 Å². The standard InChI is InChI=1S/C20H30N4OS.HI/c1-14(2)12-25-17-8-6-7-16(9-17)10-22-20(21-5)23-11-19-24-18(13-26-19)15(3)4;/h6-9,13-15H,10-12H2,1-5H3,(H2,21,22,23);1H. The van der Waals surface area contributed by atoms with Gasteiger partial charge in [0, 0.05) is 19.0 Å². The molecule has 0 aliphatic carbocycles. The van der Waals surface area contributed by atoms with Gasteiger partial charge >= 0.3 is 0 Å². The molecule has 0 atom stereocenters. The van der Waals surface area contributed by atoms with Crippen LogP contribution < -0.4 is 15.4 Å². The van der Waals surface area contributed by atoms with Crippen LogP contribution in [-0.4, -0.2) is 24.6 Å². The van der Waals surface area contributed by atoms with Gasteiger partial charge in [-0.2, -0.15) is 0 Å².